The smallest absolute Gasteiger partial charge is 0.294 e. The molecule has 0 heterocycles. The van der Waals surface area contributed by atoms with E-state index in [0.717, 1.165) is 0 Å². The Morgan fingerprint density at radius 2 is 2.00 bits per heavy atom. The minimum atomic E-state index is -0.861. The largest absolute Gasteiger partial charge is 0.493 e. The number of hydrogen-bond acceptors (Lipinski definition) is 7. The molecule has 21 heavy (non-hydrogen) atoms. The summed E-state index contributed by atoms with van der Waals surface area (Å²) >= 11 is 0. The van der Waals surface area contributed by atoms with Crippen LogP contribution in [0.25, 0.3) is 0 Å². The molecule has 0 aliphatic heterocycles. The lowest BCUT2D eigenvalue weighted by Crippen LogP contribution is -2.18. The molecular formula is C13H20N2O6. The van der Waals surface area contributed by atoms with Crippen molar-refractivity contribution in [2.75, 3.05) is 26.9 Å². The molecule has 0 aliphatic rings. The molecule has 0 aromatic heterocycles. The summed E-state index contributed by atoms with van der Waals surface area (Å²) in [6.45, 7) is 2.28. The molecule has 2 N–H and O–H groups in total. The fourth-order valence-electron chi connectivity index (χ4n) is 1.49. The van der Waals surface area contributed by atoms with E-state index in [1.807, 2.05) is 6.92 Å². The molecule has 8 nitrogen and oxygen atoms in total. The molecule has 118 valence electrons. The van der Waals surface area contributed by atoms with Crippen molar-refractivity contribution < 1.29 is 24.1 Å². The summed E-state index contributed by atoms with van der Waals surface area (Å²) in [7, 11) is 1.54. The average molecular weight is 300 g/mol. The number of methoxy groups -OCH3 is 1. The van der Waals surface area contributed by atoms with Gasteiger partial charge in [-0.15, -0.1) is 10.1 Å². The molecule has 1 aromatic rings. The first-order valence-electron chi connectivity index (χ1n) is 6.49. The first kappa shape index (κ1) is 16.8. The van der Waals surface area contributed by atoms with E-state index in [4.69, 9.17) is 19.9 Å². The molecule has 0 spiro atoms. The molecule has 1 unspecified atom stereocenters. The van der Waals surface area contributed by atoms with Crippen LogP contribution in [0.2, 0.25) is 0 Å². The summed E-state index contributed by atoms with van der Waals surface area (Å²) < 4.78 is 16.1. The number of nitrogens with zero attached hydrogens (tertiary/aromatic N) is 1. The van der Waals surface area contributed by atoms with Crippen LogP contribution in [0.4, 0.5) is 0 Å². The van der Waals surface area contributed by atoms with Crippen LogP contribution in [0.3, 0.4) is 0 Å². The summed E-state index contributed by atoms with van der Waals surface area (Å²) in [5.41, 5.74) is 5.66. The highest BCUT2D eigenvalue weighted by molar-refractivity contribution is 5.45. The molecule has 0 bridgehead atoms. The van der Waals surface area contributed by atoms with Crippen LogP contribution >= 0.6 is 0 Å². The molecule has 1 rings (SSSR count). The van der Waals surface area contributed by atoms with Crippen molar-refractivity contribution in [3.63, 3.8) is 0 Å². The van der Waals surface area contributed by atoms with Crippen LogP contribution in [0.1, 0.15) is 13.3 Å². The van der Waals surface area contributed by atoms with Gasteiger partial charge in [-0.25, -0.2) is 0 Å². The fourth-order valence-corrected chi connectivity index (χ4v) is 1.49. The molecule has 0 amide bonds. The van der Waals surface area contributed by atoms with Crippen molar-refractivity contribution in [3.05, 3.63) is 28.3 Å². The predicted molar refractivity (Wildman–Crippen MR) is 75.2 cm³/mol. The van der Waals surface area contributed by atoms with Crippen molar-refractivity contribution in [3.8, 4) is 17.2 Å². The first-order chi connectivity index (χ1) is 10.0. The molecular weight excluding hydrogens is 280 g/mol. The second-order valence-corrected chi connectivity index (χ2v) is 4.33. The standard InChI is InChI=1S/C13H20N2O6/c1-10(14)5-6-20-13-9-11(3-4-12(13)18-2)19-7-8-21-15(16)17/h3-4,9-10H,5-8,14H2,1-2H3. The van der Waals surface area contributed by atoms with Gasteiger partial charge in [-0.1, -0.05) is 0 Å². The Balaban J connectivity index is 2.55. The van der Waals surface area contributed by atoms with Gasteiger partial charge in [-0.2, -0.15) is 0 Å². The SMILES string of the molecule is COc1ccc(OCCO[N+](=O)[O-])cc1OCCC(C)N. The highest BCUT2D eigenvalue weighted by atomic mass is 17.0. The maximum Gasteiger partial charge on any atom is 0.294 e. The molecule has 0 aliphatic carbocycles. The van der Waals surface area contributed by atoms with Crippen LogP contribution in [-0.2, 0) is 4.84 Å². The summed E-state index contributed by atoms with van der Waals surface area (Å²) in [6, 6.07) is 5.09. The number of benzene rings is 1. The van der Waals surface area contributed by atoms with Gasteiger partial charge >= 0.3 is 0 Å². The Morgan fingerprint density at radius 1 is 1.24 bits per heavy atom. The summed E-state index contributed by atoms with van der Waals surface area (Å²) in [4.78, 5) is 14.2. The zero-order valence-corrected chi connectivity index (χ0v) is 12.1. The third kappa shape index (κ3) is 6.66. The van der Waals surface area contributed by atoms with E-state index in [9.17, 15) is 10.1 Å². The number of nitrogens with two attached hydrogens (primary N) is 1. The van der Waals surface area contributed by atoms with E-state index in [-0.39, 0.29) is 19.3 Å². The monoisotopic (exact) mass is 300 g/mol. The third-order valence-electron chi connectivity index (χ3n) is 2.51. The fraction of sp³-hybridized carbons (Fsp3) is 0.538. The van der Waals surface area contributed by atoms with Crippen molar-refractivity contribution in [2.24, 2.45) is 5.73 Å². The lowest BCUT2D eigenvalue weighted by molar-refractivity contribution is -0.757. The van der Waals surface area contributed by atoms with Gasteiger partial charge in [0.25, 0.3) is 5.09 Å². The Morgan fingerprint density at radius 3 is 2.62 bits per heavy atom. The van der Waals surface area contributed by atoms with Crippen molar-refractivity contribution in [1.29, 1.82) is 0 Å². The number of hydrogen-bond donors (Lipinski definition) is 1. The normalized spacial score (nSPS) is 11.6. The van der Waals surface area contributed by atoms with Crippen molar-refractivity contribution in [1.82, 2.24) is 0 Å². The molecule has 0 fully saturated rings. The van der Waals surface area contributed by atoms with Crippen LogP contribution in [0.15, 0.2) is 18.2 Å². The Kier molecular flexibility index (Phi) is 7.10. The van der Waals surface area contributed by atoms with Gasteiger partial charge < -0.3 is 24.8 Å². The topological polar surface area (TPSA) is 106 Å². The van der Waals surface area contributed by atoms with E-state index in [2.05, 4.69) is 4.84 Å². The molecule has 1 atom stereocenters. The lowest BCUT2D eigenvalue weighted by atomic mass is 10.2. The van der Waals surface area contributed by atoms with Gasteiger partial charge in [0.2, 0.25) is 0 Å². The van der Waals surface area contributed by atoms with Crippen LogP contribution in [0.5, 0.6) is 17.2 Å². The molecule has 8 heteroatoms. The van der Waals surface area contributed by atoms with Gasteiger partial charge in [0.1, 0.15) is 19.0 Å². The highest BCUT2D eigenvalue weighted by Crippen LogP contribution is 2.31. The van der Waals surface area contributed by atoms with Crippen molar-refractivity contribution in [2.45, 2.75) is 19.4 Å². The van der Waals surface area contributed by atoms with E-state index in [1.165, 1.54) is 0 Å². The lowest BCUT2D eigenvalue weighted by Gasteiger charge is -2.13. The highest BCUT2D eigenvalue weighted by Gasteiger charge is 2.07. The number of ether oxygens (including phenoxy) is 3. The zero-order valence-electron chi connectivity index (χ0n) is 12.1. The van der Waals surface area contributed by atoms with Crippen LogP contribution < -0.4 is 19.9 Å². The third-order valence-corrected chi connectivity index (χ3v) is 2.51. The molecule has 0 saturated carbocycles. The summed E-state index contributed by atoms with van der Waals surface area (Å²) in [5, 5.41) is 9.14. The Bertz CT molecular complexity index is 452. The maximum absolute atomic E-state index is 10.0. The molecule has 0 saturated heterocycles. The van der Waals surface area contributed by atoms with Gasteiger partial charge in [0, 0.05) is 12.1 Å². The quantitative estimate of drug-likeness (QED) is 0.395. The average Bonchev–Trinajstić information content (AvgIpc) is 2.43. The second-order valence-electron chi connectivity index (χ2n) is 4.33. The van der Waals surface area contributed by atoms with Crippen LogP contribution in [-0.4, -0.2) is 38.1 Å². The molecule has 1 aromatic carbocycles. The zero-order chi connectivity index (χ0) is 15.7. The van der Waals surface area contributed by atoms with E-state index < -0.39 is 5.09 Å². The minimum absolute atomic E-state index is 0.0507. The van der Waals surface area contributed by atoms with Gasteiger partial charge in [-0.3, -0.25) is 0 Å². The minimum Gasteiger partial charge on any atom is -0.493 e. The predicted octanol–water partition coefficient (Wildman–Crippen LogP) is 1.40. The first-order valence-corrected chi connectivity index (χ1v) is 6.49. The van der Waals surface area contributed by atoms with Gasteiger partial charge in [-0.05, 0) is 25.5 Å². The van der Waals surface area contributed by atoms with E-state index in [1.54, 1.807) is 25.3 Å². The molecule has 0 radical (unpaired) electrons. The Labute approximate surface area is 122 Å². The van der Waals surface area contributed by atoms with Gasteiger partial charge in [0.05, 0.1) is 13.7 Å². The summed E-state index contributed by atoms with van der Waals surface area (Å²) in [5.74, 6) is 1.62. The van der Waals surface area contributed by atoms with E-state index in [0.29, 0.717) is 30.3 Å². The second kappa shape index (κ2) is 8.85. The van der Waals surface area contributed by atoms with Crippen molar-refractivity contribution >= 4 is 0 Å². The summed E-state index contributed by atoms with van der Waals surface area (Å²) in [6.07, 6.45) is 0.713. The van der Waals surface area contributed by atoms with Gasteiger partial charge in [0.15, 0.2) is 11.5 Å². The maximum atomic E-state index is 10.0. The van der Waals surface area contributed by atoms with E-state index >= 15 is 0 Å². The Hall–Kier alpha value is -2.22. The number of rotatable bonds is 10. The van der Waals surface area contributed by atoms with Crippen LogP contribution in [0, 0.1) is 10.1 Å².